The quantitative estimate of drug-likeness (QED) is 0.492. The number of nitrogens with two attached hydrogens (primary N) is 1. The molecule has 0 fully saturated rings. The molecule has 0 spiro atoms. The van der Waals surface area contributed by atoms with Crippen LogP contribution in [0.3, 0.4) is 0 Å². The summed E-state index contributed by atoms with van der Waals surface area (Å²) in [6, 6.07) is 8.91. The molecule has 1 rings (SSSR count). The van der Waals surface area contributed by atoms with Crippen LogP contribution in [-0.4, -0.2) is 0 Å². The lowest BCUT2D eigenvalue weighted by Crippen LogP contribution is -2.05. The van der Waals surface area contributed by atoms with Gasteiger partial charge in [0, 0.05) is 5.69 Å². The highest BCUT2D eigenvalue weighted by atomic mass is 35.5. The van der Waals surface area contributed by atoms with Gasteiger partial charge in [0.1, 0.15) is 0 Å². The van der Waals surface area contributed by atoms with Crippen molar-refractivity contribution in [2.75, 3.05) is 5.43 Å². The van der Waals surface area contributed by atoms with E-state index in [0.29, 0.717) is 5.56 Å². The van der Waals surface area contributed by atoms with Gasteiger partial charge in [-0.15, -0.1) is 12.4 Å². The van der Waals surface area contributed by atoms with Gasteiger partial charge in [-0.3, -0.25) is 5.84 Å². The molecule has 0 aliphatic carbocycles. The summed E-state index contributed by atoms with van der Waals surface area (Å²) in [6.45, 7) is 0. The summed E-state index contributed by atoms with van der Waals surface area (Å²) >= 11 is 0. The molecule has 0 aromatic heterocycles. The first kappa shape index (κ1) is 9.76. The number of nitriles is 1. The summed E-state index contributed by atoms with van der Waals surface area (Å²) in [4.78, 5) is 0. The average Bonchev–Trinajstić information content (AvgIpc) is 2.05. The standard InChI is InChI=1S/C7H7N3.ClH/c8-5-6-1-3-7(10-9)4-2-6;/h1-4,10H,9H2;1H. The van der Waals surface area contributed by atoms with Crippen LogP contribution in [0.4, 0.5) is 5.69 Å². The van der Waals surface area contributed by atoms with Crippen LogP contribution in [0, 0.1) is 11.3 Å². The van der Waals surface area contributed by atoms with Crippen molar-refractivity contribution in [3.8, 4) is 6.07 Å². The lowest BCUT2D eigenvalue weighted by atomic mass is 10.2. The molecule has 0 unspecified atom stereocenters. The highest BCUT2D eigenvalue weighted by Gasteiger charge is 1.88. The van der Waals surface area contributed by atoms with E-state index >= 15 is 0 Å². The molecule has 1 aromatic carbocycles. The summed E-state index contributed by atoms with van der Waals surface area (Å²) < 4.78 is 0. The molecule has 0 aliphatic rings. The summed E-state index contributed by atoms with van der Waals surface area (Å²) in [5, 5.41) is 8.40. The van der Waals surface area contributed by atoms with Gasteiger partial charge in [-0.1, -0.05) is 0 Å². The molecule has 0 bridgehead atoms. The minimum Gasteiger partial charge on any atom is -0.324 e. The third kappa shape index (κ3) is 2.46. The zero-order chi connectivity index (χ0) is 7.40. The van der Waals surface area contributed by atoms with Gasteiger partial charge in [0.25, 0.3) is 0 Å². The monoisotopic (exact) mass is 169 g/mol. The van der Waals surface area contributed by atoms with Crippen molar-refractivity contribution < 1.29 is 0 Å². The Kier molecular flexibility index (Phi) is 4.04. The molecule has 0 amide bonds. The fourth-order valence-electron chi connectivity index (χ4n) is 0.641. The Hall–Kier alpha value is -1.24. The smallest absolute Gasteiger partial charge is 0.0991 e. The van der Waals surface area contributed by atoms with Crippen molar-refractivity contribution in [2.45, 2.75) is 0 Å². The average molecular weight is 170 g/mol. The Morgan fingerprint density at radius 3 is 2.18 bits per heavy atom. The maximum absolute atomic E-state index is 8.40. The van der Waals surface area contributed by atoms with Crippen LogP contribution in [0.5, 0.6) is 0 Å². The number of nitrogens with zero attached hydrogens (tertiary/aromatic N) is 1. The maximum Gasteiger partial charge on any atom is 0.0991 e. The Morgan fingerprint density at radius 2 is 1.82 bits per heavy atom. The van der Waals surface area contributed by atoms with E-state index in [1.54, 1.807) is 24.3 Å². The largest absolute Gasteiger partial charge is 0.324 e. The van der Waals surface area contributed by atoms with Crippen molar-refractivity contribution in [3.05, 3.63) is 29.8 Å². The third-order valence-corrected chi connectivity index (χ3v) is 1.18. The molecule has 0 saturated heterocycles. The molecule has 3 N–H and O–H groups in total. The van der Waals surface area contributed by atoms with Crippen LogP contribution in [0.25, 0.3) is 0 Å². The van der Waals surface area contributed by atoms with Gasteiger partial charge in [0.15, 0.2) is 0 Å². The first-order valence-corrected chi connectivity index (χ1v) is 2.83. The molecule has 0 atom stereocenters. The second kappa shape index (κ2) is 4.56. The highest BCUT2D eigenvalue weighted by Crippen LogP contribution is 2.05. The van der Waals surface area contributed by atoms with Crippen LogP contribution >= 0.6 is 12.4 Å². The van der Waals surface area contributed by atoms with Crippen molar-refractivity contribution >= 4 is 18.1 Å². The number of rotatable bonds is 1. The van der Waals surface area contributed by atoms with E-state index in [0.717, 1.165) is 5.69 Å². The highest BCUT2D eigenvalue weighted by molar-refractivity contribution is 5.85. The number of anilines is 1. The molecule has 4 heteroatoms. The van der Waals surface area contributed by atoms with Crippen molar-refractivity contribution in [2.24, 2.45) is 5.84 Å². The lowest BCUT2D eigenvalue weighted by molar-refractivity contribution is 1.35. The number of nitrogens with one attached hydrogen (secondary N) is 1. The molecule has 0 radical (unpaired) electrons. The Morgan fingerprint density at radius 1 is 1.27 bits per heavy atom. The van der Waals surface area contributed by atoms with Gasteiger partial charge in [0.2, 0.25) is 0 Å². The number of hydrazine groups is 1. The van der Waals surface area contributed by atoms with E-state index in [1.807, 2.05) is 6.07 Å². The van der Waals surface area contributed by atoms with Gasteiger partial charge in [-0.05, 0) is 24.3 Å². The topological polar surface area (TPSA) is 61.8 Å². The Bertz CT molecular complexity index is 249. The molecule has 0 heterocycles. The minimum atomic E-state index is 0. The number of benzene rings is 1. The molecule has 0 saturated carbocycles. The summed E-state index contributed by atoms with van der Waals surface area (Å²) in [6.07, 6.45) is 0. The molecule has 1 aromatic rings. The van der Waals surface area contributed by atoms with E-state index < -0.39 is 0 Å². The summed E-state index contributed by atoms with van der Waals surface area (Å²) in [7, 11) is 0. The molecule has 58 valence electrons. The van der Waals surface area contributed by atoms with Crippen LogP contribution in [0.15, 0.2) is 24.3 Å². The molecule has 0 aliphatic heterocycles. The van der Waals surface area contributed by atoms with Crippen molar-refractivity contribution in [1.82, 2.24) is 0 Å². The molecule has 3 nitrogen and oxygen atoms in total. The number of halogens is 1. The third-order valence-electron chi connectivity index (χ3n) is 1.18. The fourth-order valence-corrected chi connectivity index (χ4v) is 0.641. The summed E-state index contributed by atoms with van der Waals surface area (Å²) in [5.41, 5.74) is 3.91. The molecular weight excluding hydrogens is 162 g/mol. The Balaban J connectivity index is 0.000001000. The van der Waals surface area contributed by atoms with Crippen molar-refractivity contribution in [3.63, 3.8) is 0 Å². The van der Waals surface area contributed by atoms with Crippen molar-refractivity contribution in [1.29, 1.82) is 5.26 Å². The van der Waals surface area contributed by atoms with Gasteiger partial charge in [0.05, 0.1) is 11.6 Å². The van der Waals surface area contributed by atoms with Gasteiger partial charge in [-0.25, -0.2) is 0 Å². The Labute approximate surface area is 71.2 Å². The first-order chi connectivity index (χ1) is 4.86. The number of nitrogen functional groups attached to an aromatic ring is 1. The van der Waals surface area contributed by atoms with Gasteiger partial charge >= 0.3 is 0 Å². The maximum atomic E-state index is 8.40. The van der Waals surface area contributed by atoms with Gasteiger partial charge in [-0.2, -0.15) is 5.26 Å². The second-order valence-corrected chi connectivity index (χ2v) is 1.83. The predicted molar refractivity (Wildman–Crippen MR) is 46.2 cm³/mol. The second-order valence-electron chi connectivity index (χ2n) is 1.83. The lowest BCUT2D eigenvalue weighted by Gasteiger charge is -1.96. The van der Waals surface area contributed by atoms with E-state index in [1.165, 1.54) is 0 Å². The van der Waals surface area contributed by atoms with Crippen LogP contribution in [0.2, 0.25) is 0 Å². The van der Waals surface area contributed by atoms with E-state index in [9.17, 15) is 0 Å². The van der Waals surface area contributed by atoms with Gasteiger partial charge < -0.3 is 5.43 Å². The van der Waals surface area contributed by atoms with Crippen LogP contribution < -0.4 is 11.3 Å². The van der Waals surface area contributed by atoms with Crippen LogP contribution in [-0.2, 0) is 0 Å². The zero-order valence-electron chi connectivity index (χ0n) is 5.74. The number of hydrogen-bond donors (Lipinski definition) is 2. The van der Waals surface area contributed by atoms with E-state index in [2.05, 4.69) is 5.43 Å². The molecular formula is C7H8ClN3. The van der Waals surface area contributed by atoms with E-state index in [-0.39, 0.29) is 12.4 Å². The SMILES string of the molecule is Cl.N#Cc1ccc(NN)cc1. The first-order valence-electron chi connectivity index (χ1n) is 2.83. The zero-order valence-corrected chi connectivity index (χ0v) is 6.56. The van der Waals surface area contributed by atoms with Crippen LogP contribution in [0.1, 0.15) is 5.56 Å². The van der Waals surface area contributed by atoms with E-state index in [4.69, 9.17) is 11.1 Å². The number of hydrogen-bond acceptors (Lipinski definition) is 3. The normalized spacial score (nSPS) is 7.64. The summed E-state index contributed by atoms with van der Waals surface area (Å²) in [5.74, 6) is 5.11. The fraction of sp³-hybridized carbons (Fsp3) is 0. The predicted octanol–water partition coefficient (Wildman–Crippen LogP) is 1.27. The minimum absolute atomic E-state index is 0. The molecule has 11 heavy (non-hydrogen) atoms.